The predicted molar refractivity (Wildman–Crippen MR) is 64.2 cm³/mol. The lowest BCUT2D eigenvalue weighted by atomic mass is 10.2. The molecule has 0 saturated carbocycles. The van der Waals surface area contributed by atoms with Gasteiger partial charge in [-0.2, -0.15) is 0 Å². The van der Waals surface area contributed by atoms with Gasteiger partial charge < -0.3 is 9.29 Å². The molecule has 17 heavy (non-hydrogen) atoms. The van der Waals surface area contributed by atoms with Gasteiger partial charge >= 0.3 is 6.09 Å². The molecule has 5 nitrogen and oxygen atoms in total. The average molecular weight is 255 g/mol. The Morgan fingerprint density at radius 2 is 2.35 bits per heavy atom. The summed E-state index contributed by atoms with van der Waals surface area (Å²) in [4.78, 5) is 13.0. The van der Waals surface area contributed by atoms with Crippen LogP contribution in [0, 0.1) is 0 Å². The first-order valence-electron chi connectivity index (χ1n) is 5.21. The van der Waals surface area contributed by atoms with E-state index in [0.29, 0.717) is 12.2 Å². The molecular weight excluding hydrogens is 242 g/mol. The molecule has 2 unspecified atom stereocenters. The lowest BCUT2D eigenvalue weighted by Gasteiger charge is -2.13. The normalized spacial score (nSPS) is 21.4. The number of benzene rings is 1. The van der Waals surface area contributed by atoms with Crippen molar-refractivity contribution >= 4 is 22.9 Å². The van der Waals surface area contributed by atoms with Crippen LogP contribution in [0.5, 0.6) is 0 Å². The van der Waals surface area contributed by atoms with Crippen LogP contribution in [0.4, 0.5) is 10.5 Å². The quantitative estimate of drug-likeness (QED) is 0.836. The van der Waals surface area contributed by atoms with E-state index in [4.69, 9.17) is 9.29 Å². The molecule has 1 aromatic rings. The molecule has 0 aromatic heterocycles. The van der Waals surface area contributed by atoms with Gasteiger partial charge in [0.25, 0.3) is 0 Å². The summed E-state index contributed by atoms with van der Waals surface area (Å²) >= 11 is -1.88. The first kappa shape index (κ1) is 12.1. The van der Waals surface area contributed by atoms with Crippen molar-refractivity contribution in [1.82, 2.24) is 0 Å². The Morgan fingerprint density at radius 1 is 1.59 bits per heavy atom. The Balaban J connectivity index is 2.21. The van der Waals surface area contributed by atoms with Crippen molar-refractivity contribution in [2.75, 3.05) is 11.4 Å². The molecule has 1 fully saturated rings. The Hall–Kier alpha value is -1.40. The van der Waals surface area contributed by atoms with Crippen LogP contribution < -0.4 is 4.90 Å². The third-order valence-electron chi connectivity index (χ3n) is 2.47. The van der Waals surface area contributed by atoms with E-state index in [2.05, 4.69) is 0 Å². The smallest absolute Gasteiger partial charge is 0.414 e. The van der Waals surface area contributed by atoms with Crippen LogP contribution in [0.15, 0.2) is 24.3 Å². The van der Waals surface area contributed by atoms with E-state index < -0.39 is 11.1 Å². The summed E-state index contributed by atoms with van der Waals surface area (Å²) in [6.45, 7) is 2.33. The van der Waals surface area contributed by atoms with E-state index in [1.54, 1.807) is 24.3 Å². The van der Waals surface area contributed by atoms with Crippen LogP contribution in [0.25, 0.3) is 0 Å². The van der Waals surface area contributed by atoms with Gasteiger partial charge in [0.2, 0.25) is 0 Å². The Labute approximate surface area is 102 Å². The van der Waals surface area contributed by atoms with E-state index in [-0.39, 0.29) is 18.0 Å². The molecular formula is C11H13NO4S. The van der Waals surface area contributed by atoms with Gasteiger partial charge in [0.15, 0.2) is 11.1 Å². The minimum Gasteiger partial charge on any atom is -0.444 e. The first-order valence-corrected chi connectivity index (χ1v) is 6.48. The highest BCUT2D eigenvalue weighted by molar-refractivity contribution is 7.78. The van der Waals surface area contributed by atoms with Gasteiger partial charge in [0.05, 0.1) is 12.3 Å². The minimum atomic E-state index is -1.88. The van der Waals surface area contributed by atoms with Crippen LogP contribution >= 0.6 is 0 Å². The number of nitrogens with zero attached hydrogens (tertiary/aromatic N) is 1. The SMILES string of the molecule is CC1CN(c2cccc(CS(=O)O)c2)C(=O)O1. The minimum absolute atomic E-state index is 0.0618. The third kappa shape index (κ3) is 2.83. The summed E-state index contributed by atoms with van der Waals surface area (Å²) in [6.07, 6.45) is -0.502. The third-order valence-corrected chi connectivity index (χ3v) is 3.05. The summed E-state index contributed by atoms with van der Waals surface area (Å²) in [6, 6.07) is 7.02. The monoisotopic (exact) mass is 255 g/mol. The number of carbonyl (C=O) groups excluding carboxylic acids is 1. The lowest BCUT2D eigenvalue weighted by molar-refractivity contribution is 0.150. The number of ether oxygens (including phenoxy) is 1. The second-order valence-corrected chi connectivity index (χ2v) is 4.87. The van der Waals surface area contributed by atoms with Crippen molar-refractivity contribution in [1.29, 1.82) is 0 Å². The average Bonchev–Trinajstić information content (AvgIpc) is 2.57. The van der Waals surface area contributed by atoms with Crippen LogP contribution in [-0.4, -0.2) is 27.5 Å². The molecule has 1 amide bonds. The van der Waals surface area contributed by atoms with E-state index in [9.17, 15) is 9.00 Å². The molecule has 92 valence electrons. The molecule has 1 aliphatic rings. The highest BCUT2D eigenvalue weighted by Gasteiger charge is 2.29. The Kier molecular flexibility index (Phi) is 3.44. The summed E-state index contributed by atoms with van der Waals surface area (Å²) in [7, 11) is 0. The summed E-state index contributed by atoms with van der Waals surface area (Å²) < 4.78 is 24.6. The highest BCUT2D eigenvalue weighted by atomic mass is 32.2. The van der Waals surface area contributed by atoms with E-state index in [1.165, 1.54) is 4.90 Å². The first-order chi connectivity index (χ1) is 8.06. The second-order valence-electron chi connectivity index (χ2n) is 3.94. The summed E-state index contributed by atoms with van der Waals surface area (Å²) in [5.74, 6) is 0.0618. The zero-order chi connectivity index (χ0) is 12.4. The molecule has 2 atom stereocenters. The van der Waals surface area contributed by atoms with Gasteiger partial charge in [-0.1, -0.05) is 12.1 Å². The van der Waals surface area contributed by atoms with Gasteiger partial charge in [-0.05, 0) is 24.6 Å². The topological polar surface area (TPSA) is 66.8 Å². The number of rotatable bonds is 3. The van der Waals surface area contributed by atoms with Gasteiger partial charge in [-0.15, -0.1) is 0 Å². The van der Waals surface area contributed by atoms with Crippen molar-refractivity contribution in [2.24, 2.45) is 0 Å². The largest absolute Gasteiger partial charge is 0.444 e. The number of amides is 1. The summed E-state index contributed by atoms with van der Waals surface area (Å²) in [5, 5.41) is 0. The van der Waals surface area contributed by atoms with Crippen molar-refractivity contribution in [3.05, 3.63) is 29.8 Å². The molecule has 1 N–H and O–H groups in total. The Bertz CT molecular complexity index is 463. The van der Waals surface area contributed by atoms with Crippen molar-refractivity contribution in [3.63, 3.8) is 0 Å². The van der Waals surface area contributed by atoms with Crippen LogP contribution in [-0.2, 0) is 21.6 Å². The maximum absolute atomic E-state index is 11.5. The number of cyclic esters (lactones) is 1. The standard InChI is InChI=1S/C11H13NO4S/c1-8-6-12(11(13)16-8)10-4-2-3-9(5-10)7-17(14)15/h2-5,8H,6-7H2,1H3,(H,14,15). The fraction of sp³-hybridized carbons (Fsp3) is 0.364. The van der Waals surface area contributed by atoms with E-state index >= 15 is 0 Å². The van der Waals surface area contributed by atoms with Crippen molar-refractivity contribution < 1.29 is 18.3 Å². The second kappa shape index (κ2) is 4.85. The van der Waals surface area contributed by atoms with E-state index in [1.807, 2.05) is 6.92 Å². The molecule has 0 radical (unpaired) electrons. The molecule has 0 aliphatic carbocycles. The maximum atomic E-state index is 11.5. The van der Waals surface area contributed by atoms with E-state index in [0.717, 1.165) is 5.56 Å². The number of carbonyl (C=O) groups is 1. The van der Waals surface area contributed by atoms with Crippen LogP contribution in [0.1, 0.15) is 12.5 Å². The molecule has 6 heteroatoms. The van der Waals surface area contributed by atoms with Crippen LogP contribution in [0.3, 0.4) is 0 Å². The fourth-order valence-electron chi connectivity index (χ4n) is 1.77. The van der Waals surface area contributed by atoms with Gasteiger partial charge in [-0.3, -0.25) is 4.90 Å². The fourth-order valence-corrected chi connectivity index (χ4v) is 2.24. The molecule has 0 bridgehead atoms. The van der Waals surface area contributed by atoms with Gasteiger partial charge in [0.1, 0.15) is 6.10 Å². The Morgan fingerprint density at radius 3 is 2.94 bits per heavy atom. The zero-order valence-electron chi connectivity index (χ0n) is 9.33. The molecule has 1 saturated heterocycles. The van der Waals surface area contributed by atoms with Crippen molar-refractivity contribution in [2.45, 2.75) is 18.8 Å². The highest BCUT2D eigenvalue weighted by Crippen LogP contribution is 2.22. The zero-order valence-corrected chi connectivity index (χ0v) is 10.1. The predicted octanol–water partition coefficient (Wildman–Crippen LogP) is 1.75. The van der Waals surface area contributed by atoms with Gasteiger partial charge in [-0.25, -0.2) is 9.00 Å². The number of hydrogen-bond donors (Lipinski definition) is 1. The van der Waals surface area contributed by atoms with Crippen LogP contribution in [0.2, 0.25) is 0 Å². The summed E-state index contributed by atoms with van der Waals surface area (Å²) in [5.41, 5.74) is 1.41. The lowest BCUT2D eigenvalue weighted by Crippen LogP contribution is -2.24. The van der Waals surface area contributed by atoms with Gasteiger partial charge in [0, 0.05) is 5.69 Å². The molecule has 0 spiro atoms. The molecule has 1 aromatic carbocycles. The number of hydrogen-bond acceptors (Lipinski definition) is 3. The number of anilines is 1. The van der Waals surface area contributed by atoms with Crippen molar-refractivity contribution in [3.8, 4) is 0 Å². The molecule has 1 aliphatic heterocycles. The molecule has 2 rings (SSSR count). The maximum Gasteiger partial charge on any atom is 0.414 e. The molecule has 1 heterocycles.